The maximum absolute atomic E-state index is 10.3. The molecular formula is C4H5N5O5. The molecule has 10 heteroatoms. The number of aromatic nitrogens is 3. The van der Waals surface area contributed by atoms with Crippen molar-refractivity contribution in [3.8, 4) is 0 Å². The molecule has 0 aliphatic heterocycles. The molecule has 0 amide bonds. The number of hydrogen-bond acceptors (Lipinski definition) is 7. The summed E-state index contributed by atoms with van der Waals surface area (Å²) in [5, 5.41) is 32.2. The average Bonchev–Trinajstić information content (AvgIpc) is 2.49. The third kappa shape index (κ3) is 1.80. The summed E-state index contributed by atoms with van der Waals surface area (Å²) in [7, 11) is 0. The predicted octanol–water partition coefficient (Wildman–Crippen LogP) is -0.913. The lowest BCUT2D eigenvalue weighted by Gasteiger charge is -1.91. The van der Waals surface area contributed by atoms with E-state index in [0.717, 1.165) is 0 Å². The van der Waals surface area contributed by atoms with E-state index in [-0.39, 0.29) is 6.54 Å². The molecule has 0 spiro atoms. The van der Waals surface area contributed by atoms with Gasteiger partial charge in [0.25, 0.3) is 0 Å². The second-order valence-electron chi connectivity index (χ2n) is 2.17. The van der Waals surface area contributed by atoms with E-state index in [1.807, 2.05) is 0 Å². The number of aliphatic hydroxyl groups excluding tert-OH is 1. The summed E-state index contributed by atoms with van der Waals surface area (Å²) in [6, 6.07) is 0. The zero-order valence-electron chi connectivity index (χ0n) is 6.73. The molecule has 0 unspecified atom stereocenters. The summed E-state index contributed by atoms with van der Waals surface area (Å²) in [4.78, 5) is 21.7. The SMILES string of the molecule is O=[N+]([O-])c1nc([N+](=O)[O-])n(CCO)n1. The Hall–Kier alpha value is -2.10. The second-order valence-corrected chi connectivity index (χ2v) is 2.17. The van der Waals surface area contributed by atoms with Crippen molar-refractivity contribution >= 4 is 11.9 Å². The van der Waals surface area contributed by atoms with Crippen LogP contribution in [0.3, 0.4) is 0 Å². The van der Waals surface area contributed by atoms with Crippen LogP contribution in [0.5, 0.6) is 0 Å². The van der Waals surface area contributed by atoms with Gasteiger partial charge in [-0.05, 0) is 9.85 Å². The highest BCUT2D eigenvalue weighted by atomic mass is 16.6. The smallest absolute Gasteiger partial charge is 0.393 e. The largest absolute Gasteiger partial charge is 0.508 e. The van der Waals surface area contributed by atoms with Gasteiger partial charge in [-0.1, -0.05) is 4.68 Å². The molecular weight excluding hydrogens is 198 g/mol. The molecule has 0 radical (unpaired) electrons. The molecule has 76 valence electrons. The first-order chi connectivity index (χ1) is 6.56. The predicted molar refractivity (Wildman–Crippen MR) is 40.4 cm³/mol. The molecule has 1 N–H and O–H groups in total. The Morgan fingerprint density at radius 1 is 1.36 bits per heavy atom. The maximum Gasteiger partial charge on any atom is 0.508 e. The minimum Gasteiger partial charge on any atom is -0.393 e. The van der Waals surface area contributed by atoms with Crippen LogP contribution >= 0.6 is 0 Å². The fraction of sp³-hybridized carbons (Fsp3) is 0.500. The highest BCUT2D eigenvalue weighted by Crippen LogP contribution is 2.12. The number of hydrogen-bond donors (Lipinski definition) is 1. The van der Waals surface area contributed by atoms with Crippen LogP contribution in [0, 0.1) is 20.2 Å². The van der Waals surface area contributed by atoms with Crippen LogP contribution in [0.4, 0.5) is 11.9 Å². The van der Waals surface area contributed by atoms with E-state index >= 15 is 0 Å². The van der Waals surface area contributed by atoms with Crippen molar-refractivity contribution in [3.63, 3.8) is 0 Å². The number of aliphatic hydroxyl groups is 1. The molecule has 10 nitrogen and oxygen atoms in total. The van der Waals surface area contributed by atoms with Gasteiger partial charge in [-0.25, -0.2) is 0 Å². The van der Waals surface area contributed by atoms with Gasteiger partial charge in [-0.2, -0.15) is 0 Å². The van der Waals surface area contributed by atoms with Crippen LogP contribution in [-0.2, 0) is 6.54 Å². The standard InChI is InChI=1S/C4H5N5O5/c10-2-1-7-4(9(13)14)5-3(6-7)8(11)12/h10H,1-2H2. The van der Waals surface area contributed by atoms with Crippen LogP contribution in [0.15, 0.2) is 0 Å². The lowest BCUT2D eigenvalue weighted by atomic mass is 10.7. The minimum absolute atomic E-state index is 0.211. The van der Waals surface area contributed by atoms with E-state index in [0.29, 0.717) is 4.68 Å². The van der Waals surface area contributed by atoms with Gasteiger partial charge in [-0.3, -0.25) is 0 Å². The Balaban J connectivity index is 3.12. The highest BCUT2D eigenvalue weighted by molar-refractivity contribution is 5.13. The normalized spacial score (nSPS) is 10.1. The van der Waals surface area contributed by atoms with Crippen LogP contribution in [0.25, 0.3) is 0 Å². The molecule has 0 aliphatic carbocycles. The minimum atomic E-state index is -0.944. The molecule has 0 fully saturated rings. The van der Waals surface area contributed by atoms with Gasteiger partial charge >= 0.3 is 11.9 Å². The summed E-state index contributed by atoms with van der Waals surface area (Å²) in [6.45, 7) is -0.626. The topological polar surface area (TPSA) is 137 Å². The first-order valence-corrected chi connectivity index (χ1v) is 3.40. The summed E-state index contributed by atoms with van der Waals surface area (Å²) in [6.07, 6.45) is 0. The molecule has 0 saturated carbocycles. The monoisotopic (exact) mass is 203 g/mol. The van der Waals surface area contributed by atoms with E-state index in [9.17, 15) is 20.2 Å². The summed E-state index contributed by atoms with van der Waals surface area (Å²) >= 11 is 0. The number of rotatable bonds is 4. The molecule has 1 rings (SSSR count). The lowest BCUT2D eigenvalue weighted by molar-refractivity contribution is -0.404. The van der Waals surface area contributed by atoms with Gasteiger partial charge in [0.05, 0.1) is 11.7 Å². The van der Waals surface area contributed by atoms with Crippen molar-refractivity contribution in [3.05, 3.63) is 20.2 Å². The Morgan fingerprint density at radius 2 is 2.00 bits per heavy atom. The Labute approximate surface area is 76.1 Å². The van der Waals surface area contributed by atoms with Gasteiger partial charge < -0.3 is 25.3 Å². The van der Waals surface area contributed by atoms with Crippen molar-refractivity contribution in [2.45, 2.75) is 6.54 Å². The summed E-state index contributed by atoms with van der Waals surface area (Å²) < 4.78 is 0.665. The second kappa shape index (κ2) is 3.74. The molecule has 0 atom stereocenters. The van der Waals surface area contributed by atoms with Crippen molar-refractivity contribution in [1.29, 1.82) is 0 Å². The van der Waals surface area contributed by atoms with Gasteiger partial charge in [0.15, 0.2) is 0 Å². The third-order valence-electron chi connectivity index (χ3n) is 1.28. The van der Waals surface area contributed by atoms with Crippen molar-refractivity contribution in [1.82, 2.24) is 14.8 Å². The zero-order chi connectivity index (χ0) is 10.7. The van der Waals surface area contributed by atoms with Gasteiger partial charge in [0, 0.05) is 4.98 Å². The third-order valence-corrected chi connectivity index (χ3v) is 1.28. The van der Waals surface area contributed by atoms with Crippen molar-refractivity contribution in [2.24, 2.45) is 0 Å². The molecule has 1 aromatic rings. The van der Waals surface area contributed by atoms with Crippen LogP contribution < -0.4 is 0 Å². The quantitative estimate of drug-likeness (QED) is 0.493. The molecule has 1 aromatic heterocycles. The first-order valence-electron chi connectivity index (χ1n) is 3.40. The van der Waals surface area contributed by atoms with E-state index < -0.39 is 28.4 Å². The average molecular weight is 203 g/mol. The maximum atomic E-state index is 10.3. The molecule has 0 saturated heterocycles. The van der Waals surface area contributed by atoms with Gasteiger partial charge in [-0.15, -0.1) is 0 Å². The van der Waals surface area contributed by atoms with Gasteiger partial charge in [0.1, 0.15) is 6.54 Å². The molecule has 14 heavy (non-hydrogen) atoms. The van der Waals surface area contributed by atoms with E-state index in [4.69, 9.17) is 5.11 Å². The lowest BCUT2D eigenvalue weighted by Crippen LogP contribution is -2.08. The van der Waals surface area contributed by atoms with Crippen LogP contribution in [0.1, 0.15) is 0 Å². The first kappa shape index (κ1) is 9.98. The summed E-state index contributed by atoms with van der Waals surface area (Å²) in [5.74, 6) is -1.61. The number of nitro groups is 2. The van der Waals surface area contributed by atoms with Crippen molar-refractivity contribution in [2.75, 3.05) is 6.61 Å². The molecule has 0 bridgehead atoms. The fourth-order valence-electron chi connectivity index (χ4n) is 0.779. The Bertz CT molecular complexity index is 372. The Kier molecular flexibility index (Phi) is 2.67. The van der Waals surface area contributed by atoms with E-state index in [1.165, 1.54) is 0 Å². The Morgan fingerprint density at radius 3 is 2.43 bits per heavy atom. The zero-order valence-corrected chi connectivity index (χ0v) is 6.73. The van der Waals surface area contributed by atoms with E-state index in [2.05, 4.69) is 10.1 Å². The fourth-order valence-corrected chi connectivity index (χ4v) is 0.779. The summed E-state index contributed by atoms with van der Waals surface area (Å²) in [5.41, 5.74) is 0. The van der Waals surface area contributed by atoms with Crippen molar-refractivity contribution < 1.29 is 15.0 Å². The highest BCUT2D eigenvalue weighted by Gasteiger charge is 2.27. The molecule has 0 aliphatic rings. The molecule has 0 aromatic carbocycles. The molecule has 1 heterocycles. The number of nitrogens with zero attached hydrogens (tertiary/aromatic N) is 5. The van der Waals surface area contributed by atoms with Gasteiger partial charge in [0.2, 0.25) is 0 Å². The van der Waals surface area contributed by atoms with Crippen LogP contribution in [0.2, 0.25) is 0 Å². The van der Waals surface area contributed by atoms with E-state index in [1.54, 1.807) is 0 Å². The van der Waals surface area contributed by atoms with Crippen LogP contribution in [-0.4, -0.2) is 36.3 Å².